The molecule has 0 bridgehead atoms. The molecular formula is C23H29ClN8O4. The lowest BCUT2D eigenvalue weighted by Gasteiger charge is -2.32. The summed E-state index contributed by atoms with van der Waals surface area (Å²) in [5.41, 5.74) is 0.957. The Labute approximate surface area is 212 Å². The zero-order valence-corrected chi connectivity index (χ0v) is 21.1. The quantitative estimate of drug-likeness (QED) is 0.411. The van der Waals surface area contributed by atoms with E-state index in [1.165, 1.54) is 12.3 Å². The number of nitrogens with zero attached hydrogens (tertiary/aromatic N) is 5. The van der Waals surface area contributed by atoms with Crippen LogP contribution < -0.4 is 16.2 Å². The van der Waals surface area contributed by atoms with Gasteiger partial charge in [-0.05, 0) is 49.2 Å². The largest absolute Gasteiger partial charge is 0.338 e. The Balaban J connectivity index is 1.51. The molecule has 3 N–H and O–H groups in total. The van der Waals surface area contributed by atoms with Crippen LogP contribution in [-0.4, -0.2) is 48.1 Å². The molecule has 3 heterocycles. The maximum atomic E-state index is 13.4. The Bertz CT molecular complexity index is 1280. The van der Waals surface area contributed by atoms with Crippen LogP contribution in [0.1, 0.15) is 74.2 Å². The second-order valence-electron chi connectivity index (χ2n) is 9.23. The lowest BCUT2D eigenvalue weighted by Crippen LogP contribution is -2.49. The third-order valence-corrected chi connectivity index (χ3v) is 6.92. The Morgan fingerprint density at radius 2 is 2.03 bits per heavy atom. The molecule has 1 saturated carbocycles. The summed E-state index contributed by atoms with van der Waals surface area (Å²) >= 11 is 5.92. The number of hydrogen-bond donors (Lipinski definition) is 3. The van der Waals surface area contributed by atoms with E-state index in [-0.39, 0.29) is 28.2 Å². The minimum absolute atomic E-state index is 0.0263. The van der Waals surface area contributed by atoms with Gasteiger partial charge in [-0.1, -0.05) is 43.4 Å². The lowest BCUT2D eigenvalue weighted by atomic mass is 9.79. The van der Waals surface area contributed by atoms with E-state index >= 15 is 0 Å². The number of aromatic nitrogens is 6. The fraction of sp³-hybridized carbons (Fsp3) is 0.522. The minimum atomic E-state index is -0.769. The van der Waals surface area contributed by atoms with Crippen molar-refractivity contribution in [1.82, 2.24) is 35.6 Å². The standard InChI is InChI=1S/C23H29ClN8O4/c1-4-17-20(31-36-30-17)23(35)27-19(14-7-5-12(2)6-8-14)22(34)26-15-10-25-32(11-15)13(3)16-9-18(24)28-29-21(16)33/h9-14,19H,4-8H2,1-3H3,(H,26,34)(H,27,35)(H,29,33). The maximum absolute atomic E-state index is 13.4. The van der Waals surface area contributed by atoms with Crippen molar-refractivity contribution >= 4 is 29.1 Å². The molecule has 0 radical (unpaired) electrons. The van der Waals surface area contributed by atoms with E-state index in [4.69, 9.17) is 16.2 Å². The van der Waals surface area contributed by atoms with Crippen molar-refractivity contribution in [1.29, 1.82) is 0 Å². The molecule has 2 amide bonds. The second-order valence-corrected chi connectivity index (χ2v) is 9.62. The van der Waals surface area contributed by atoms with E-state index in [9.17, 15) is 14.4 Å². The molecule has 3 aromatic heterocycles. The van der Waals surface area contributed by atoms with Crippen molar-refractivity contribution in [2.24, 2.45) is 11.8 Å². The third-order valence-electron chi connectivity index (χ3n) is 6.72. The summed E-state index contributed by atoms with van der Waals surface area (Å²) in [6, 6.07) is 0.251. The smallest absolute Gasteiger partial charge is 0.276 e. The van der Waals surface area contributed by atoms with Gasteiger partial charge < -0.3 is 10.6 Å². The van der Waals surface area contributed by atoms with Crippen molar-refractivity contribution < 1.29 is 14.2 Å². The van der Waals surface area contributed by atoms with Gasteiger partial charge in [-0.2, -0.15) is 10.2 Å². The average Bonchev–Trinajstić information content (AvgIpc) is 3.54. The highest BCUT2D eigenvalue weighted by Gasteiger charge is 2.34. The van der Waals surface area contributed by atoms with Gasteiger partial charge in [-0.25, -0.2) is 9.73 Å². The third kappa shape index (κ3) is 5.64. The molecular weight excluding hydrogens is 488 g/mol. The number of carbonyl (C=O) groups excluding carboxylic acids is 2. The number of hydrogen-bond acceptors (Lipinski definition) is 8. The monoisotopic (exact) mass is 516 g/mol. The molecule has 2 atom stereocenters. The predicted octanol–water partition coefficient (Wildman–Crippen LogP) is 2.74. The van der Waals surface area contributed by atoms with Gasteiger partial charge in [0, 0.05) is 11.8 Å². The number of nitrogens with one attached hydrogen (secondary N) is 3. The van der Waals surface area contributed by atoms with Gasteiger partial charge >= 0.3 is 0 Å². The number of amides is 2. The van der Waals surface area contributed by atoms with Crippen LogP contribution in [0.15, 0.2) is 27.9 Å². The molecule has 12 nitrogen and oxygen atoms in total. The lowest BCUT2D eigenvalue weighted by molar-refractivity contribution is -0.119. The first-order valence-electron chi connectivity index (χ1n) is 12.0. The number of H-pyrrole nitrogens is 1. The van der Waals surface area contributed by atoms with E-state index in [1.54, 1.807) is 17.8 Å². The van der Waals surface area contributed by atoms with Gasteiger partial charge in [0.15, 0.2) is 5.69 Å². The van der Waals surface area contributed by atoms with Gasteiger partial charge in [0.2, 0.25) is 5.91 Å². The van der Waals surface area contributed by atoms with Crippen LogP contribution in [0, 0.1) is 11.8 Å². The number of rotatable bonds is 8. The Morgan fingerprint density at radius 1 is 1.28 bits per heavy atom. The van der Waals surface area contributed by atoms with E-state index < -0.39 is 18.0 Å². The highest BCUT2D eigenvalue weighted by atomic mass is 35.5. The minimum Gasteiger partial charge on any atom is -0.338 e. The van der Waals surface area contributed by atoms with E-state index in [2.05, 4.69) is 43.2 Å². The van der Waals surface area contributed by atoms with Crippen LogP contribution in [0.4, 0.5) is 5.69 Å². The van der Waals surface area contributed by atoms with E-state index in [0.717, 1.165) is 25.7 Å². The van der Waals surface area contributed by atoms with Gasteiger partial charge in [0.05, 0.1) is 17.9 Å². The van der Waals surface area contributed by atoms with Gasteiger partial charge in [-0.15, -0.1) is 0 Å². The first-order valence-corrected chi connectivity index (χ1v) is 12.4. The summed E-state index contributed by atoms with van der Waals surface area (Å²) in [4.78, 5) is 38.5. The summed E-state index contributed by atoms with van der Waals surface area (Å²) in [6.45, 7) is 5.81. The summed E-state index contributed by atoms with van der Waals surface area (Å²) < 4.78 is 6.27. The zero-order chi connectivity index (χ0) is 25.8. The Kier molecular flexibility index (Phi) is 7.82. The second kappa shape index (κ2) is 11.0. The maximum Gasteiger partial charge on any atom is 0.276 e. The molecule has 36 heavy (non-hydrogen) atoms. The molecule has 192 valence electrons. The van der Waals surface area contributed by atoms with E-state index in [0.29, 0.717) is 29.3 Å². The normalized spacial score (nSPS) is 19.4. The molecule has 1 fully saturated rings. The summed E-state index contributed by atoms with van der Waals surface area (Å²) in [5.74, 6) is -0.294. The molecule has 0 aliphatic heterocycles. The molecule has 0 saturated heterocycles. The van der Waals surface area contributed by atoms with Crippen LogP contribution in [0.5, 0.6) is 0 Å². The topological polar surface area (TPSA) is 161 Å². The SMILES string of the molecule is CCc1nonc1C(=O)NC(C(=O)Nc1cnn(C(C)c2cc(Cl)n[nH]c2=O)c1)C1CCC(C)CC1. The molecule has 3 aromatic rings. The molecule has 1 aliphatic rings. The van der Waals surface area contributed by atoms with Gasteiger partial charge in [-0.3, -0.25) is 19.1 Å². The highest BCUT2D eigenvalue weighted by Crippen LogP contribution is 2.31. The number of halogens is 1. The van der Waals surface area contributed by atoms with Gasteiger partial charge in [0.1, 0.15) is 16.9 Å². The van der Waals surface area contributed by atoms with Crippen molar-refractivity contribution in [2.45, 2.75) is 65.0 Å². The van der Waals surface area contributed by atoms with Crippen molar-refractivity contribution in [3.63, 3.8) is 0 Å². The zero-order valence-electron chi connectivity index (χ0n) is 20.3. The van der Waals surface area contributed by atoms with Crippen LogP contribution in [0.3, 0.4) is 0 Å². The highest BCUT2D eigenvalue weighted by molar-refractivity contribution is 6.29. The first-order chi connectivity index (χ1) is 17.3. The number of aromatic amines is 1. The first kappa shape index (κ1) is 25.5. The van der Waals surface area contributed by atoms with Crippen LogP contribution in [0.2, 0.25) is 5.15 Å². The van der Waals surface area contributed by atoms with Crippen LogP contribution in [0.25, 0.3) is 0 Å². The molecule has 0 aromatic carbocycles. The number of carbonyl (C=O) groups is 2. The fourth-order valence-corrected chi connectivity index (χ4v) is 4.68. The summed E-state index contributed by atoms with van der Waals surface area (Å²) in [7, 11) is 0. The van der Waals surface area contributed by atoms with Crippen LogP contribution in [-0.2, 0) is 11.2 Å². The summed E-state index contributed by atoms with van der Waals surface area (Å²) in [5, 5.41) is 23.7. The van der Waals surface area contributed by atoms with Crippen molar-refractivity contribution in [3.8, 4) is 0 Å². The number of aryl methyl sites for hydroxylation is 1. The molecule has 4 rings (SSSR count). The Morgan fingerprint density at radius 3 is 2.75 bits per heavy atom. The van der Waals surface area contributed by atoms with Crippen LogP contribution >= 0.6 is 11.6 Å². The predicted molar refractivity (Wildman–Crippen MR) is 131 cm³/mol. The van der Waals surface area contributed by atoms with Crippen molar-refractivity contribution in [3.05, 3.63) is 50.9 Å². The van der Waals surface area contributed by atoms with Gasteiger partial charge in [0.25, 0.3) is 11.5 Å². The molecule has 2 unspecified atom stereocenters. The average molecular weight is 517 g/mol. The Hall–Kier alpha value is -3.54. The molecule has 13 heteroatoms. The molecule has 1 aliphatic carbocycles. The fourth-order valence-electron chi connectivity index (χ4n) is 4.52. The van der Waals surface area contributed by atoms with E-state index in [1.807, 2.05) is 6.92 Å². The number of anilines is 1. The molecule has 0 spiro atoms. The van der Waals surface area contributed by atoms with Crippen molar-refractivity contribution in [2.75, 3.05) is 5.32 Å². The summed E-state index contributed by atoms with van der Waals surface area (Å²) in [6.07, 6.45) is 7.19.